The van der Waals surface area contributed by atoms with Crippen LogP contribution in [0.25, 0.3) is 41.6 Å². The number of hydrogen-bond acceptors (Lipinski definition) is 15. The van der Waals surface area contributed by atoms with Crippen molar-refractivity contribution in [1.82, 2.24) is 40.8 Å². The normalized spacial score (nSPS) is 13.8. The Hall–Kier alpha value is -4.43. The van der Waals surface area contributed by atoms with Gasteiger partial charge >= 0.3 is 6.09 Å². The Morgan fingerprint density at radius 3 is 1.86 bits per heavy atom. The highest BCUT2D eigenvalue weighted by Gasteiger charge is 2.32. The van der Waals surface area contributed by atoms with Crippen molar-refractivity contribution >= 4 is 93.7 Å². The van der Waals surface area contributed by atoms with Crippen LogP contribution in [0.1, 0.15) is 54.5 Å². The number of hydrogen-bond donors (Lipinski definition) is 5. The number of carbonyl (C=O) groups excluding carboxylic acids is 3. The Balaban J connectivity index is 0.000000179. The maximum Gasteiger partial charge on any atom is 0.410 e. The molecular formula is C39H46N10O4S4. The molecule has 0 aliphatic carbocycles. The van der Waals surface area contributed by atoms with Crippen molar-refractivity contribution < 1.29 is 19.1 Å². The average Bonchev–Trinajstić information content (AvgIpc) is 3.97. The molecule has 0 spiro atoms. The van der Waals surface area contributed by atoms with E-state index < -0.39 is 5.60 Å². The number of nitrogens with zero attached hydrogens (tertiary/aromatic N) is 5. The lowest BCUT2D eigenvalue weighted by molar-refractivity contribution is -0.116. The van der Waals surface area contributed by atoms with Crippen molar-refractivity contribution in [2.75, 3.05) is 50.9 Å². The van der Waals surface area contributed by atoms with Crippen molar-refractivity contribution in [3.8, 4) is 21.1 Å². The van der Waals surface area contributed by atoms with Gasteiger partial charge in [-0.2, -0.15) is 0 Å². The minimum absolute atomic E-state index is 0.0323. The van der Waals surface area contributed by atoms with Gasteiger partial charge in [0.1, 0.15) is 36.7 Å². The summed E-state index contributed by atoms with van der Waals surface area (Å²) in [5.74, 6) is -0.0177. The molecule has 0 radical (unpaired) electrons. The zero-order valence-electron chi connectivity index (χ0n) is 32.5. The standard InChI is InChI=1S/C22H27N5O3S2.C17H19N5OS2/c1-22(2,3)30-21(29)27-10-7-13-16(12-27)32-20(26-17(28)6-8-23-4)18(13)19-25-14-11-24-9-5-15(14)31-19;1-18-5-4-14(23)22-17-15(10-2-6-20-9-13(10)25-17)16-21-11-8-19-7-3-12(11)24-16/h5,9,11,23H,6-8,10,12H2,1-4H3,(H,26,28);3,7-8,18,20H,2,4-6,9H2,1H3,(H,22,23). The van der Waals surface area contributed by atoms with E-state index in [0.717, 1.165) is 81.5 Å². The molecule has 18 heteroatoms. The number of thiophene rings is 2. The minimum Gasteiger partial charge on any atom is -0.444 e. The van der Waals surface area contributed by atoms with Crippen LogP contribution < -0.4 is 26.6 Å². The molecule has 300 valence electrons. The van der Waals surface area contributed by atoms with E-state index in [1.54, 1.807) is 63.7 Å². The second-order valence-electron chi connectivity index (χ2n) is 14.5. The molecule has 5 N–H and O–H groups in total. The van der Waals surface area contributed by atoms with Gasteiger partial charge in [-0.25, -0.2) is 14.8 Å². The molecule has 0 fully saturated rings. The number of nitrogens with one attached hydrogen (secondary N) is 5. The highest BCUT2D eigenvalue weighted by molar-refractivity contribution is 7.23. The quantitative estimate of drug-likeness (QED) is 0.0973. The topological polar surface area (TPSA) is 175 Å². The van der Waals surface area contributed by atoms with Crippen LogP contribution in [0, 0.1) is 0 Å². The summed E-state index contributed by atoms with van der Waals surface area (Å²) in [5.41, 5.74) is 5.73. The van der Waals surface area contributed by atoms with Gasteiger partial charge in [0.25, 0.3) is 0 Å². The number of rotatable bonds is 10. The van der Waals surface area contributed by atoms with E-state index in [1.165, 1.54) is 21.8 Å². The van der Waals surface area contributed by atoms with Crippen LogP contribution in [-0.2, 0) is 40.3 Å². The first-order valence-corrected chi connectivity index (χ1v) is 22.1. The van der Waals surface area contributed by atoms with E-state index in [-0.39, 0.29) is 17.9 Å². The summed E-state index contributed by atoms with van der Waals surface area (Å²) >= 11 is 6.43. The van der Waals surface area contributed by atoms with Crippen molar-refractivity contribution in [3.63, 3.8) is 0 Å². The maximum atomic E-state index is 12.6. The summed E-state index contributed by atoms with van der Waals surface area (Å²) in [6.07, 6.45) is 9.26. The molecule has 2 aliphatic heterocycles. The van der Waals surface area contributed by atoms with Crippen molar-refractivity contribution in [3.05, 3.63) is 57.8 Å². The number of anilines is 2. The fourth-order valence-corrected chi connectivity index (χ4v) is 11.1. The highest BCUT2D eigenvalue weighted by Crippen LogP contribution is 2.47. The third kappa shape index (κ3) is 9.65. The number of carbonyl (C=O) groups is 3. The van der Waals surface area contributed by atoms with E-state index in [1.807, 2.05) is 47.0 Å². The van der Waals surface area contributed by atoms with Gasteiger partial charge in [0, 0.05) is 72.3 Å². The van der Waals surface area contributed by atoms with E-state index in [0.29, 0.717) is 45.4 Å². The van der Waals surface area contributed by atoms with Gasteiger partial charge in [0.05, 0.1) is 28.3 Å². The zero-order chi connectivity index (χ0) is 40.1. The second kappa shape index (κ2) is 18.0. The first-order valence-electron chi connectivity index (χ1n) is 18.8. The van der Waals surface area contributed by atoms with Gasteiger partial charge in [-0.1, -0.05) is 0 Å². The Labute approximate surface area is 346 Å². The fourth-order valence-electron chi connectivity index (χ4n) is 6.48. The molecule has 8 heterocycles. The molecule has 6 aromatic rings. The molecule has 6 aromatic heterocycles. The smallest absolute Gasteiger partial charge is 0.410 e. The summed E-state index contributed by atoms with van der Waals surface area (Å²) in [5, 5.41) is 19.1. The SMILES string of the molecule is CNCCC(=O)Nc1sc2c(c1-c1nc3cnccc3s1)CCN(C(=O)OC(C)(C)C)C2.CNCCC(=O)Nc1sc2c(c1-c1nc3cnccc3s1)CCNC2. The van der Waals surface area contributed by atoms with Crippen LogP contribution in [0.2, 0.25) is 0 Å². The molecule has 0 unspecified atom stereocenters. The first-order chi connectivity index (χ1) is 27.5. The first kappa shape index (κ1) is 40.8. The molecule has 0 atom stereocenters. The minimum atomic E-state index is -0.542. The third-order valence-electron chi connectivity index (χ3n) is 9.15. The molecule has 3 amide bonds. The van der Waals surface area contributed by atoms with Crippen molar-refractivity contribution in [2.45, 2.75) is 65.1 Å². The number of amides is 3. The molecule has 0 aromatic carbocycles. The van der Waals surface area contributed by atoms with Crippen molar-refractivity contribution in [1.29, 1.82) is 0 Å². The fraction of sp³-hybridized carbons (Fsp3) is 0.410. The van der Waals surface area contributed by atoms with Crippen molar-refractivity contribution in [2.24, 2.45) is 0 Å². The van der Waals surface area contributed by atoms with Gasteiger partial charge < -0.3 is 36.2 Å². The summed E-state index contributed by atoms with van der Waals surface area (Å²) in [7, 11) is 3.67. The number of aromatic nitrogens is 4. The Bertz CT molecular complexity index is 2330. The predicted octanol–water partition coefficient (Wildman–Crippen LogP) is 6.87. The maximum absolute atomic E-state index is 12.6. The van der Waals surface area contributed by atoms with Crippen LogP contribution in [0.5, 0.6) is 0 Å². The molecule has 2 aliphatic rings. The number of thiazole rings is 2. The molecule has 57 heavy (non-hydrogen) atoms. The summed E-state index contributed by atoms with van der Waals surface area (Å²) in [6.45, 7) is 9.69. The Morgan fingerprint density at radius 1 is 0.789 bits per heavy atom. The third-order valence-corrected chi connectivity index (χ3v) is 13.5. The Kier molecular flexibility index (Phi) is 12.9. The van der Waals surface area contributed by atoms with Gasteiger partial charge in [-0.05, 0) is 77.5 Å². The van der Waals surface area contributed by atoms with E-state index in [9.17, 15) is 14.4 Å². The molecular weight excluding hydrogens is 801 g/mol. The monoisotopic (exact) mass is 846 g/mol. The van der Waals surface area contributed by atoms with Crippen LogP contribution in [0.3, 0.4) is 0 Å². The van der Waals surface area contributed by atoms with E-state index >= 15 is 0 Å². The molecule has 0 bridgehead atoms. The lowest BCUT2D eigenvalue weighted by atomic mass is 10.0. The van der Waals surface area contributed by atoms with E-state index in [2.05, 4.69) is 36.6 Å². The summed E-state index contributed by atoms with van der Waals surface area (Å²) < 4.78 is 7.73. The number of fused-ring (bicyclic) bond motifs is 4. The van der Waals surface area contributed by atoms with Crippen LogP contribution in [0.4, 0.5) is 14.8 Å². The molecule has 8 rings (SSSR count). The lowest BCUT2D eigenvalue weighted by Gasteiger charge is -2.30. The molecule has 14 nitrogen and oxygen atoms in total. The summed E-state index contributed by atoms with van der Waals surface area (Å²) in [4.78, 5) is 59.3. The summed E-state index contributed by atoms with van der Waals surface area (Å²) in [6, 6.07) is 3.94. The van der Waals surface area contributed by atoms with E-state index in [4.69, 9.17) is 14.7 Å². The molecule has 0 saturated heterocycles. The lowest BCUT2D eigenvalue weighted by Crippen LogP contribution is -2.39. The average molecular weight is 847 g/mol. The zero-order valence-corrected chi connectivity index (χ0v) is 35.8. The molecule has 0 saturated carbocycles. The largest absolute Gasteiger partial charge is 0.444 e. The van der Waals surface area contributed by atoms with Crippen LogP contribution >= 0.6 is 45.3 Å². The van der Waals surface area contributed by atoms with Gasteiger partial charge in [0.15, 0.2) is 0 Å². The van der Waals surface area contributed by atoms with Gasteiger partial charge in [0.2, 0.25) is 11.8 Å². The highest BCUT2D eigenvalue weighted by atomic mass is 32.1. The van der Waals surface area contributed by atoms with Crippen LogP contribution in [-0.4, -0.2) is 88.6 Å². The van der Waals surface area contributed by atoms with Gasteiger partial charge in [-0.15, -0.1) is 45.3 Å². The second-order valence-corrected chi connectivity index (χ2v) is 18.8. The van der Waals surface area contributed by atoms with Crippen LogP contribution in [0.15, 0.2) is 36.9 Å². The predicted molar refractivity (Wildman–Crippen MR) is 232 cm³/mol. The number of ether oxygens (including phenoxy) is 1. The number of pyridine rings is 2. The Morgan fingerprint density at radius 2 is 1.33 bits per heavy atom. The van der Waals surface area contributed by atoms with Gasteiger partial charge in [-0.3, -0.25) is 19.6 Å².